The molecule has 0 amide bonds. The van der Waals surface area contributed by atoms with E-state index < -0.39 is 0 Å². The van der Waals surface area contributed by atoms with Gasteiger partial charge in [-0.2, -0.15) is 0 Å². The molecule has 0 aromatic heterocycles. The summed E-state index contributed by atoms with van der Waals surface area (Å²) in [6, 6.07) is 0. The zero-order valence-corrected chi connectivity index (χ0v) is 5.42. The molecule has 2 nitrogen and oxygen atoms in total. The third-order valence-electron chi connectivity index (χ3n) is 1.72. The fraction of sp³-hybridized carbons (Fsp3) is 0.125. The standard InChI is InChI=1S/C8H7NO/c10-8-2-1-6-3-4-9-5-7(6)8/h1-4,9H,5H2. The molecule has 0 bridgehead atoms. The van der Waals surface area contributed by atoms with Crippen LogP contribution in [0.15, 0.2) is 35.6 Å². The zero-order chi connectivity index (χ0) is 6.97. The average Bonchev–Trinajstić information content (AvgIpc) is 2.34. The summed E-state index contributed by atoms with van der Waals surface area (Å²) in [7, 11) is 0. The number of hydrogen-bond donors (Lipinski definition) is 1. The highest BCUT2D eigenvalue weighted by molar-refractivity contribution is 6.09. The molecule has 0 spiro atoms. The largest absolute Gasteiger partial charge is 0.387 e. The Kier molecular flexibility index (Phi) is 1.01. The van der Waals surface area contributed by atoms with E-state index in [4.69, 9.17) is 0 Å². The lowest BCUT2D eigenvalue weighted by Crippen LogP contribution is -2.17. The highest BCUT2D eigenvalue weighted by Gasteiger charge is 2.16. The molecule has 0 saturated heterocycles. The maximum absolute atomic E-state index is 11.0. The third-order valence-corrected chi connectivity index (χ3v) is 1.72. The molecule has 1 aliphatic heterocycles. The first kappa shape index (κ1) is 5.47. The maximum atomic E-state index is 11.0. The van der Waals surface area contributed by atoms with Crippen molar-refractivity contribution in [1.82, 2.24) is 5.32 Å². The van der Waals surface area contributed by atoms with E-state index in [0.717, 1.165) is 11.1 Å². The van der Waals surface area contributed by atoms with Crippen molar-refractivity contribution in [2.24, 2.45) is 0 Å². The van der Waals surface area contributed by atoms with Crippen LogP contribution >= 0.6 is 0 Å². The van der Waals surface area contributed by atoms with E-state index in [0.29, 0.717) is 6.54 Å². The first-order valence-electron chi connectivity index (χ1n) is 3.23. The lowest BCUT2D eigenvalue weighted by molar-refractivity contribution is -0.111. The molecule has 2 aliphatic rings. The smallest absolute Gasteiger partial charge is 0.184 e. The van der Waals surface area contributed by atoms with Crippen LogP contribution < -0.4 is 5.32 Å². The molecule has 0 radical (unpaired) electrons. The molecular weight excluding hydrogens is 126 g/mol. The molecule has 0 aromatic carbocycles. The molecule has 2 rings (SSSR count). The Bertz CT molecular complexity index is 271. The maximum Gasteiger partial charge on any atom is 0.184 e. The monoisotopic (exact) mass is 133 g/mol. The number of allylic oxidation sites excluding steroid dienone is 4. The number of nitrogens with one attached hydrogen (secondary N) is 1. The zero-order valence-electron chi connectivity index (χ0n) is 5.42. The third kappa shape index (κ3) is 0.620. The van der Waals surface area contributed by atoms with E-state index in [1.807, 2.05) is 18.4 Å². The van der Waals surface area contributed by atoms with Crippen LogP contribution in [0.4, 0.5) is 0 Å². The van der Waals surface area contributed by atoms with E-state index in [1.54, 1.807) is 6.08 Å². The summed E-state index contributed by atoms with van der Waals surface area (Å²) in [5.74, 6) is 0.145. The van der Waals surface area contributed by atoms with Crippen LogP contribution in [0.25, 0.3) is 0 Å². The lowest BCUT2D eigenvalue weighted by Gasteiger charge is -2.07. The second-order valence-electron chi connectivity index (χ2n) is 2.35. The topological polar surface area (TPSA) is 29.1 Å². The SMILES string of the molecule is O=C1C=CC2=C1CNC=C2. The van der Waals surface area contributed by atoms with Gasteiger partial charge in [-0.1, -0.05) is 6.08 Å². The van der Waals surface area contributed by atoms with Crippen LogP contribution in [-0.4, -0.2) is 12.3 Å². The van der Waals surface area contributed by atoms with Gasteiger partial charge in [-0.15, -0.1) is 0 Å². The summed E-state index contributed by atoms with van der Waals surface area (Å²) in [5.41, 5.74) is 1.95. The molecule has 0 saturated carbocycles. The second-order valence-corrected chi connectivity index (χ2v) is 2.35. The van der Waals surface area contributed by atoms with Crippen LogP contribution in [0.3, 0.4) is 0 Å². The Balaban J connectivity index is 2.46. The molecule has 0 unspecified atom stereocenters. The van der Waals surface area contributed by atoms with Gasteiger partial charge in [-0.05, 0) is 23.9 Å². The van der Waals surface area contributed by atoms with Crippen LogP contribution in [0, 0.1) is 0 Å². The van der Waals surface area contributed by atoms with Gasteiger partial charge in [0.15, 0.2) is 5.78 Å². The molecule has 2 heteroatoms. The van der Waals surface area contributed by atoms with Gasteiger partial charge in [0, 0.05) is 12.1 Å². The quantitative estimate of drug-likeness (QED) is 0.522. The molecule has 1 N–H and O–H groups in total. The van der Waals surface area contributed by atoms with Gasteiger partial charge < -0.3 is 5.32 Å². The molecule has 1 aliphatic carbocycles. The number of dihydropyridines is 1. The molecule has 10 heavy (non-hydrogen) atoms. The Hall–Kier alpha value is -1.31. The molecule has 0 fully saturated rings. The predicted octanol–water partition coefficient (Wildman–Crippen LogP) is 0.539. The minimum absolute atomic E-state index is 0.145. The summed E-state index contributed by atoms with van der Waals surface area (Å²) >= 11 is 0. The van der Waals surface area contributed by atoms with E-state index in [9.17, 15) is 4.79 Å². The van der Waals surface area contributed by atoms with Crippen molar-refractivity contribution in [3.8, 4) is 0 Å². The number of carbonyl (C=O) groups is 1. The van der Waals surface area contributed by atoms with Gasteiger partial charge in [-0.3, -0.25) is 4.79 Å². The number of ketones is 1. The Labute approximate surface area is 58.9 Å². The van der Waals surface area contributed by atoms with Crippen molar-refractivity contribution in [3.63, 3.8) is 0 Å². The van der Waals surface area contributed by atoms with Gasteiger partial charge in [0.1, 0.15) is 0 Å². The summed E-state index contributed by atoms with van der Waals surface area (Å²) in [4.78, 5) is 11.0. The van der Waals surface area contributed by atoms with E-state index in [2.05, 4.69) is 5.32 Å². The number of rotatable bonds is 0. The van der Waals surface area contributed by atoms with Crippen molar-refractivity contribution in [3.05, 3.63) is 35.6 Å². The Morgan fingerprint density at radius 3 is 3.00 bits per heavy atom. The van der Waals surface area contributed by atoms with Crippen molar-refractivity contribution in [2.45, 2.75) is 0 Å². The van der Waals surface area contributed by atoms with Crippen LogP contribution in [0.2, 0.25) is 0 Å². The summed E-state index contributed by atoms with van der Waals surface area (Å²) in [6.07, 6.45) is 7.25. The minimum atomic E-state index is 0.145. The van der Waals surface area contributed by atoms with Crippen molar-refractivity contribution in [2.75, 3.05) is 6.54 Å². The van der Waals surface area contributed by atoms with E-state index in [-0.39, 0.29) is 5.78 Å². The van der Waals surface area contributed by atoms with Gasteiger partial charge in [0.05, 0.1) is 0 Å². The highest BCUT2D eigenvalue weighted by atomic mass is 16.1. The second kappa shape index (κ2) is 1.84. The summed E-state index contributed by atoms with van der Waals surface area (Å²) < 4.78 is 0. The highest BCUT2D eigenvalue weighted by Crippen LogP contribution is 2.18. The average molecular weight is 133 g/mol. The van der Waals surface area contributed by atoms with Gasteiger partial charge in [0.2, 0.25) is 0 Å². The lowest BCUT2D eigenvalue weighted by atomic mass is 10.1. The first-order valence-corrected chi connectivity index (χ1v) is 3.23. The number of carbonyl (C=O) groups excluding carboxylic acids is 1. The molecule has 1 heterocycles. The molecular formula is C8H7NO. The van der Waals surface area contributed by atoms with Crippen LogP contribution in [0.5, 0.6) is 0 Å². The van der Waals surface area contributed by atoms with E-state index >= 15 is 0 Å². The molecule has 0 atom stereocenters. The normalized spacial score (nSPS) is 21.4. The molecule has 0 aromatic rings. The van der Waals surface area contributed by atoms with Crippen LogP contribution in [-0.2, 0) is 4.79 Å². The van der Waals surface area contributed by atoms with E-state index in [1.165, 1.54) is 0 Å². The fourth-order valence-electron chi connectivity index (χ4n) is 1.16. The van der Waals surface area contributed by atoms with Gasteiger partial charge in [0.25, 0.3) is 0 Å². The molecule has 50 valence electrons. The Morgan fingerprint density at radius 1 is 1.30 bits per heavy atom. The van der Waals surface area contributed by atoms with Crippen molar-refractivity contribution < 1.29 is 4.79 Å². The number of hydrogen-bond acceptors (Lipinski definition) is 2. The van der Waals surface area contributed by atoms with Crippen LogP contribution in [0.1, 0.15) is 0 Å². The summed E-state index contributed by atoms with van der Waals surface area (Å²) in [5, 5.41) is 2.99. The van der Waals surface area contributed by atoms with Crippen molar-refractivity contribution in [1.29, 1.82) is 0 Å². The fourth-order valence-corrected chi connectivity index (χ4v) is 1.16. The first-order chi connectivity index (χ1) is 4.88. The van der Waals surface area contributed by atoms with Gasteiger partial charge in [-0.25, -0.2) is 0 Å². The summed E-state index contributed by atoms with van der Waals surface area (Å²) in [6.45, 7) is 0.678. The van der Waals surface area contributed by atoms with Gasteiger partial charge >= 0.3 is 0 Å². The minimum Gasteiger partial charge on any atom is -0.387 e. The Morgan fingerprint density at radius 2 is 2.20 bits per heavy atom. The predicted molar refractivity (Wildman–Crippen MR) is 38.3 cm³/mol. The van der Waals surface area contributed by atoms with Crippen molar-refractivity contribution >= 4 is 5.78 Å².